The third-order valence-electron chi connectivity index (χ3n) is 10.4. The minimum absolute atomic E-state index is 0.104. The summed E-state index contributed by atoms with van der Waals surface area (Å²) in [7, 11) is 1.82. The Balaban J connectivity index is 0.917. The van der Waals surface area contributed by atoms with E-state index in [2.05, 4.69) is 44.8 Å². The average Bonchev–Trinajstić information content (AvgIpc) is 3.49. The van der Waals surface area contributed by atoms with Gasteiger partial charge in [-0.3, -0.25) is 14.5 Å². The van der Waals surface area contributed by atoms with Crippen LogP contribution in [0.1, 0.15) is 60.2 Å². The number of nitrogens with zero attached hydrogens (tertiary/aromatic N) is 3. The van der Waals surface area contributed by atoms with Gasteiger partial charge in [0, 0.05) is 71.1 Å². The molecule has 3 heterocycles. The van der Waals surface area contributed by atoms with Crippen molar-refractivity contribution in [3.05, 3.63) is 101 Å². The molecule has 2 aliphatic rings. The zero-order valence-electron chi connectivity index (χ0n) is 29.8. The number of fused-ring (bicyclic) bond motifs is 1. The second-order valence-corrected chi connectivity index (χ2v) is 15.8. The largest absolute Gasteiger partial charge is 0.508 e. The molecule has 1 N–H and O–H groups in total. The van der Waals surface area contributed by atoms with Crippen LogP contribution in [0.25, 0.3) is 20.5 Å². The van der Waals surface area contributed by atoms with Crippen molar-refractivity contribution in [1.29, 1.82) is 0 Å². The highest BCUT2D eigenvalue weighted by molar-refractivity contribution is 9.10. The lowest BCUT2D eigenvalue weighted by molar-refractivity contribution is -0.0154. The number of hydrogen-bond donors (Lipinski definition) is 1. The maximum Gasteiger partial charge on any atom is 0.254 e. The molecule has 1 unspecified atom stereocenters. The van der Waals surface area contributed by atoms with E-state index in [1.807, 2.05) is 74.6 Å². The number of carbonyl (C=O) groups excluding carboxylic acids is 2. The van der Waals surface area contributed by atoms with Gasteiger partial charge in [-0.05, 0) is 105 Å². The molecule has 2 aliphatic heterocycles. The fourth-order valence-corrected chi connectivity index (χ4v) is 8.66. The van der Waals surface area contributed by atoms with Gasteiger partial charge < -0.3 is 24.4 Å². The maximum absolute atomic E-state index is 13.1. The Morgan fingerprint density at radius 2 is 1.71 bits per heavy atom. The number of phenolic OH excluding ortho intramolecular Hbond substituents is 1. The van der Waals surface area contributed by atoms with E-state index in [0.717, 1.165) is 106 Å². The van der Waals surface area contributed by atoms with E-state index in [4.69, 9.17) is 9.47 Å². The van der Waals surface area contributed by atoms with Gasteiger partial charge in [0.2, 0.25) is 0 Å². The second kappa shape index (κ2) is 15.7. The average molecular weight is 783 g/mol. The number of piperidine rings is 1. The molecule has 1 atom stereocenters. The number of aromatic hydroxyl groups is 1. The molecule has 0 bridgehead atoms. The molecular formula is C42H44BrN3O5S. The van der Waals surface area contributed by atoms with Gasteiger partial charge in [0.15, 0.2) is 12.0 Å². The van der Waals surface area contributed by atoms with Crippen molar-refractivity contribution < 1.29 is 24.2 Å². The Bertz CT molecular complexity index is 2040. The van der Waals surface area contributed by atoms with E-state index in [0.29, 0.717) is 17.2 Å². The van der Waals surface area contributed by atoms with Crippen LogP contribution in [0.4, 0.5) is 5.69 Å². The summed E-state index contributed by atoms with van der Waals surface area (Å²) in [6.07, 6.45) is 4.94. The van der Waals surface area contributed by atoms with Gasteiger partial charge >= 0.3 is 0 Å². The highest BCUT2D eigenvalue weighted by Crippen LogP contribution is 2.47. The first-order valence-electron chi connectivity index (χ1n) is 18.0. The summed E-state index contributed by atoms with van der Waals surface area (Å²) in [5.74, 6) is 2.44. The van der Waals surface area contributed by atoms with Gasteiger partial charge in [0.05, 0.1) is 10.4 Å². The molecule has 52 heavy (non-hydrogen) atoms. The number of benzene rings is 4. The van der Waals surface area contributed by atoms with Crippen LogP contribution >= 0.6 is 27.3 Å². The lowest BCUT2D eigenvalue weighted by Crippen LogP contribution is -2.59. The molecule has 7 rings (SSSR count). The SMILES string of the molecule is CCCC(C)N(C)C(=O)c1ccc(N2CCC(N3CC(Oc4ccc(Oc5c(-c6ccc(Br)cc6)sc6cc(O)ccc56)cc4)C3)CC2)cc1C=O. The number of thiophene rings is 1. The summed E-state index contributed by atoms with van der Waals surface area (Å²) >= 11 is 5.12. The van der Waals surface area contributed by atoms with E-state index < -0.39 is 0 Å². The third kappa shape index (κ3) is 7.70. The van der Waals surface area contributed by atoms with Gasteiger partial charge in [-0.2, -0.15) is 0 Å². The topological polar surface area (TPSA) is 82.6 Å². The highest BCUT2D eigenvalue weighted by Gasteiger charge is 2.35. The molecule has 270 valence electrons. The number of halogens is 1. The van der Waals surface area contributed by atoms with Gasteiger partial charge in [0.1, 0.15) is 23.4 Å². The number of rotatable bonds is 12. The van der Waals surface area contributed by atoms with E-state index in [1.165, 1.54) is 0 Å². The molecule has 1 amide bonds. The molecule has 0 spiro atoms. The van der Waals surface area contributed by atoms with Gasteiger partial charge in [-0.1, -0.05) is 41.4 Å². The van der Waals surface area contributed by atoms with Crippen LogP contribution in [-0.2, 0) is 0 Å². The van der Waals surface area contributed by atoms with Crippen LogP contribution in [0, 0.1) is 0 Å². The van der Waals surface area contributed by atoms with Gasteiger partial charge in [-0.25, -0.2) is 0 Å². The lowest BCUT2D eigenvalue weighted by atomic mass is 9.97. The first kappa shape index (κ1) is 36.0. The van der Waals surface area contributed by atoms with Crippen LogP contribution in [0.15, 0.2) is 89.4 Å². The van der Waals surface area contributed by atoms with Crippen LogP contribution in [0.5, 0.6) is 23.0 Å². The van der Waals surface area contributed by atoms with Crippen molar-refractivity contribution in [3.8, 4) is 33.4 Å². The van der Waals surface area contributed by atoms with Crippen molar-refractivity contribution in [2.45, 2.75) is 57.7 Å². The number of likely N-dealkylation sites (tertiary alicyclic amines) is 1. The van der Waals surface area contributed by atoms with Crippen molar-refractivity contribution >= 4 is 55.2 Å². The number of aldehydes is 1. The van der Waals surface area contributed by atoms with Gasteiger partial charge in [-0.15, -0.1) is 11.3 Å². The summed E-state index contributed by atoms with van der Waals surface area (Å²) in [4.78, 5) is 32.7. The lowest BCUT2D eigenvalue weighted by Gasteiger charge is -2.47. The van der Waals surface area contributed by atoms with Crippen LogP contribution in [-0.4, -0.2) is 78.5 Å². The Labute approximate surface area is 317 Å². The van der Waals surface area contributed by atoms with Crippen molar-refractivity contribution in [2.75, 3.05) is 38.1 Å². The second-order valence-electron chi connectivity index (χ2n) is 13.9. The van der Waals surface area contributed by atoms with Crippen LogP contribution < -0.4 is 14.4 Å². The molecule has 0 radical (unpaired) electrons. The zero-order chi connectivity index (χ0) is 36.4. The minimum atomic E-state index is -0.104. The number of ether oxygens (including phenoxy) is 2. The first-order valence-corrected chi connectivity index (χ1v) is 19.6. The zero-order valence-corrected chi connectivity index (χ0v) is 32.2. The monoisotopic (exact) mass is 781 g/mol. The minimum Gasteiger partial charge on any atom is -0.508 e. The molecule has 1 aromatic heterocycles. The highest BCUT2D eigenvalue weighted by atomic mass is 79.9. The number of anilines is 1. The molecule has 5 aromatic rings. The van der Waals surface area contributed by atoms with Crippen LogP contribution in [0.2, 0.25) is 0 Å². The molecule has 2 saturated heterocycles. The molecule has 0 aliphatic carbocycles. The Hall–Kier alpha value is -4.38. The Morgan fingerprint density at radius 3 is 2.40 bits per heavy atom. The van der Waals surface area contributed by atoms with E-state index >= 15 is 0 Å². The summed E-state index contributed by atoms with van der Waals surface area (Å²) in [5, 5.41) is 11.0. The van der Waals surface area contributed by atoms with E-state index in [9.17, 15) is 14.7 Å². The predicted octanol–water partition coefficient (Wildman–Crippen LogP) is 9.63. The fraction of sp³-hybridized carbons (Fsp3) is 0.333. The Kier molecular flexibility index (Phi) is 10.9. The number of hydrogen-bond acceptors (Lipinski definition) is 8. The normalized spacial score (nSPS) is 16.0. The predicted molar refractivity (Wildman–Crippen MR) is 213 cm³/mol. The third-order valence-corrected chi connectivity index (χ3v) is 12.1. The van der Waals surface area contributed by atoms with E-state index in [1.54, 1.807) is 28.4 Å². The van der Waals surface area contributed by atoms with Crippen molar-refractivity contribution in [3.63, 3.8) is 0 Å². The standard InChI is InChI=1S/C42H44BrN3O5S/c1-4-5-27(2)44(3)42(49)37-16-10-32(22-29(37)26-47)45-20-18-31(19-21-45)46-24-36(25-46)50-34-12-14-35(15-13-34)51-40-38-17-11-33(48)23-39(38)52-41(40)28-6-8-30(43)9-7-28/h6-17,22-23,26-27,31,36,48H,4-5,18-21,24-25H2,1-3H3. The molecule has 0 saturated carbocycles. The first-order chi connectivity index (χ1) is 25.2. The fourth-order valence-electron chi connectivity index (χ4n) is 7.22. The molecule has 10 heteroatoms. The van der Waals surface area contributed by atoms with E-state index in [-0.39, 0.29) is 23.8 Å². The number of amides is 1. The molecule has 2 fully saturated rings. The maximum atomic E-state index is 13.1. The quantitative estimate of drug-likeness (QED) is 0.126. The molecule has 4 aromatic carbocycles. The van der Waals surface area contributed by atoms with Crippen molar-refractivity contribution in [1.82, 2.24) is 9.80 Å². The van der Waals surface area contributed by atoms with Crippen LogP contribution in [0.3, 0.4) is 0 Å². The number of carbonyl (C=O) groups is 2. The summed E-state index contributed by atoms with van der Waals surface area (Å²) in [6, 6.07) is 27.6. The van der Waals surface area contributed by atoms with Gasteiger partial charge in [0.25, 0.3) is 5.91 Å². The molecular weight excluding hydrogens is 738 g/mol. The number of phenols is 1. The summed E-state index contributed by atoms with van der Waals surface area (Å²) in [6.45, 7) is 7.74. The molecule has 8 nitrogen and oxygen atoms in total. The smallest absolute Gasteiger partial charge is 0.254 e. The summed E-state index contributed by atoms with van der Waals surface area (Å²) in [5.41, 5.74) is 2.97. The Morgan fingerprint density at radius 1 is 1.00 bits per heavy atom. The summed E-state index contributed by atoms with van der Waals surface area (Å²) < 4.78 is 14.8. The van der Waals surface area contributed by atoms with Crippen molar-refractivity contribution in [2.24, 2.45) is 0 Å².